The zero-order valence-electron chi connectivity index (χ0n) is 11.1. The van der Waals surface area contributed by atoms with E-state index in [1.165, 1.54) is 0 Å². The molecule has 0 heterocycles. The Bertz CT molecular complexity index is 705. The zero-order chi connectivity index (χ0) is 16.0. The molecule has 0 aliphatic heterocycles. The Labute approximate surface area is 121 Å². The lowest BCUT2D eigenvalue weighted by atomic mass is 10.2. The number of carbonyl (C=O) groups is 1. The first kappa shape index (κ1) is 16.6. The number of rotatable bonds is 6. The molecule has 1 rings (SSSR count). The first-order chi connectivity index (χ1) is 9.77. The van der Waals surface area contributed by atoms with Crippen molar-refractivity contribution in [2.45, 2.75) is 17.7 Å². The third-order valence-corrected chi connectivity index (χ3v) is 3.60. The van der Waals surface area contributed by atoms with Crippen molar-refractivity contribution in [3.63, 3.8) is 0 Å². The number of benzene rings is 1. The number of hydrogen-bond acceptors (Lipinski definition) is 7. The highest BCUT2D eigenvalue weighted by Crippen LogP contribution is 2.25. The van der Waals surface area contributed by atoms with Gasteiger partial charge in [0.1, 0.15) is 4.90 Å². The minimum Gasteiger partial charge on any atom is -0.462 e. The number of unbranched alkanes of at least 4 members (excludes halogenated alkanes) is 1. The minimum absolute atomic E-state index is 0.00796. The van der Waals surface area contributed by atoms with Crippen LogP contribution in [0.5, 0.6) is 0 Å². The molecule has 0 bridgehead atoms. The maximum Gasteiger partial charge on any atom is 0.338 e. The second kappa shape index (κ2) is 6.81. The molecule has 21 heavy (non-hydrogen) atoms. The van der Waals surface area contributed by atoms with Crippen LogP contribution in [0.2, 0.25) is 0 Å². The van der Waals surface area contributed by atoms with Gasteiger partial charge in [0.05, 0.1) is 23.2 Å². The van der Waals surface area contributed by atoms with Gasteiger partial charge in [0.2, 0.25) is 0 Å². The predicted molar refractivity (Wildman–Crippen MR) is 71.3 cm³/mol. The van der Waals surface area contributed by atoms with E-state index >= 15 is 0 Å². The van der Waals surface area contributed by atoms with Crippen molar-refractivity contribution in [1.82, 2.24) is 0 Å². The number of esters is 1. The van der Waals surface area contributed by atoms with Crippen molar-refractivity contribution in [2.75, 3.05) is 12.9 Å². The first-order valence-electron chi connectivity index (χ1n) is 5.80. The van der Waals surface area contributed by atoms with Crippen molar-refractivity contribution >= 4 is 21.5 Å². The summed E-state index contributed by atoms with van der Waals surface area (Å²) < 4.78 is 27.7. The summed E-state index contributed by atoms with van der Waals surface area (Å²) in [6.45, 7) is 0.00796. The van der Waals surface area contributed by atoms with E-state index in [4.69, 9.17) is 10.00 Å². The van der Waals surface area contributed by atoms with Gasteiger partial charge in [0.25, 0.3) is 5.69 Å². The van der Waals surface area contributed by atoms with E-state index in [-0.39, 0.29) is 18.6 Å². The third kappa shape index (κ3) is 4.54. The molecule has 0 aliphatic carbocycles. The zero-order valence-corrected chi connectivity index (χ0v) is 11.9. The fourth-order valence-corrected chi connectivity index (χ4v) is 2.33. The molecule has 0 saturated carbocycles. The monoisotopic (exact) mass is 312 g/mol. The quantitative estimate of drug-likeness (QED) is 0.336. The van der Waals surface area contributed by atoms with Crippen LogP contribution in [0.3, 0.4) is 0 Å². The smallest absolute Gasteiger partial charge is 0.338 e. The van der Waals surface area contributed by atoms with E-state index in [9.17, 15) is 23.3 Å². The standard InChI is InChI=1S/C12H12N2O6S/c1-21(18,19)11-5-4-9(8-10(11)14(16)17)12(15)20-7-3-2-6-13/h4-5,8H,2-3,7H2,1H3. The Kier molecular flexibility index (Phi) is 5.37. The van der Waals surface area contributed by atoms with Crippen molar-refractivity contribution < 1.29 is 22.9 Å². The summed E-state index contributed by atoms with van der Waals surface area (Å²) in [5, 5.41) is 19.2. The van der Waals surface area contributed by atoms with Crippen molar-refractivity contribution in [1.29, 1.82) is 5.26 Å². The van der Waals surface area contributed by atoms with Crippen LogP contribution in [-0.4, -0.2) is 32.2 Å². The highest BCUT2D eigenvalue weighted by Gasteiger charge is 2.24. The highest BCUT2D eigenvalue weighted by molar-refractivity contribution is 7.90. The summed E-state index contributed by atoms with van der Waals surface area (Å²) in [4.78, 5) is 21.2. The number of hydrogen-bond donors (Lipinski definition) is 0. The fraction of sp³-hybridized carbons (Fsp3) is 0.333. The number of sulfone groups is 1. The number of nitrogens with zero attached hydrogens (tertiary/aromatic N) is 2. The molecular formula is C12H12N2O6S. The lowest BCUT2D eigenvalue weighted by Gasteiger charge is -2.05. The molecular weight excluding hydrogens is 300 g/mol. The molecule has 0 N–H and O–H groups in total. The summed E-state index contributed by atoms with van der Waals surface area (Å²) in [7, 11) is -3.78. The van der Waals surface area contributed by atoms with Crippen molar-refractivity contribution in [3.8, 4) is 6.07 Å². The van der Waals surface area contributed by atoms with Crippen LogP contribution >= 0.6 is 0 Å². The van der Waals surface area contributed by atoms with Gasteiger partial charge in [-0.2, -0.15) is 5.26 Å². The van der Waals surface area contributed by atoms with E-state index in [0.29, 0.717) is 6.42 Å². The molecule has 1 aromatic carbocycles. The SMILES string of the molecule is CS(=O)(=O)c1ccc(C(=O)OCCCC#N)cc1[N+](=O)[O-]. The summed E-state index contributed by atoms with van der Waals surface area (Å²) in [6.07, 6.45) is 1.42. The van der Waals surface area contributed by atoms with E-state index < -0.39 is 31.3 Å². The Morgan fingerprint density at radius 1 is 1.48 bits per heavy atom. The van der Waals surface area contributed by atoms with Crippen LogP contribution < -0.4 is 0 Å². The molecule has 0 aromatic heterocycles. The number of carbonyl (C=O) groups excluding carboxylic acids is 1. The number of nitriles is 1. The van der Waals surface area contributed by atoms with Gasteiger partial charge < -0.3 is 4.74 Å². The lowest BCUT2D eigenvalue weighted by molar-refractivity contribution is -0.387. The number of nitro benzene ring substituents is 1. The van der Waals surface area contributed by atoms with Crippen molar-refractivity contribution in [2.24, 2.45) is 0 Å². The van der Waals surface area contributed by atoms with Gasteiger partial charge in [-0.15, -0.1) is 0 Å². The molecule has 0 saturated heterocycles. The van der Waals surface area contributed by atoms with Crippen molar-refractivity contribution in [3.05, 3.63) is 33.9 Å². The molecule has 112 valence electrons. The van der Waals surface area contributed by atoms with E-state index in [1.807, 2.05) is 6.07 Å². The van der Waals surface area contributed by atoms with E-state index in [2.05, 4.69) is 0 Å². The maximum atomic E-state index is 11.7. The van der Waals surface area contributed by atoms with Crippen LogP contribution in [0, 0.1) is 21.4 Å². The molecule has 0 atom stereocenters. The average Bonchev–Trinajstić information content (AvgIpc) is 2.41. The van der Waals surface area contributed by atoms with Crippen LogP contribution in [0.15, 0.2) is 23.1 Å². The van der Waals surface area contributed by atoms with Gasteiger partial charge in [-0.25, -0.2) is 13.2 Å². The molecule has 0 radical (unpaired) electrons. The Balaban J connectivity index is 3.02. The second-order valence-corrected chi connectivity index (χ2v) is 6.09. The molecule has 9 heteroatoms. The average molecular weight is 312 g/mol. The molecule has 0 aliphatic rings. The molecule has 0 fully saturated rings. The highest BCUT2D eigenvalue weighted by atomic mass is 32.2. The van der Waals surface area contributed by atoms with Gasteiger partial charge in [-0.1, -0.05) is 0 Å². The third-order valence-electron chi connectivity index (χ3n) is 2.46. The van der Waals surface area contributed by atoms with Crippen LogP contribution in [0.4, 0.5) is 5.69 Å². The van der Waals surface area contributed by atoms with E-state index in [0.717, 1.165) is 24.5 Å². The lowest BCUT2D eigenvalue weighted by Crippen LogP contribution is -2.09. The molecule has 0 spiro atoms. The summed E-state index contributed by atoms with van der Waals surface area (Å²) in [5.41, 5.74) is -0.796. The Hall–Kier alpha value is -2.47. The molecule has 0 amide bonds. The van der Waals surface area contributed by atoms with Gasteiger partial charge in [0.15, 0.2) is 9.84 Å². The van der Waals surface area contributed by atoms with E-state index in [1.54, 1.807) is 0 Å². The van der Waals surface area contributed by atoms with Gasteiger partial charge in [0, 0.05) is 18.7 Å². The van der Waals surface area contributed by atoms with Gasteiger partial charge in [-0.3, -0.25) is 10.1 Å². The van der Waals surface area contributed by atoms with Gasteiger partial charge in [-0.05, 0) is 18.6 Å². The number of ether oxygens (including phenoxy) is 1. The predicted octanol–water partition coefficient (Wildman–Crippen LogP) is 1.46. The van der Waals surface area contributed by atoms with Crippen LogP contribution in [-0.2, 0) is 14.6 Å². The topological polar surface area (TPSA) is 127 Å². The Morgan fingerprint density at radius 3 is 2.67 bits per heavy atom. The normalized spacial score (nSPS) is 10.7. The summed E-state index contributed by atoms with van der Waals surface area (Å²) in [6, 6.07) is 4.89. The second-order valence-electron chi connectivity index (χ2n) is 4.11. The maximum absolute atomic E-state index is 11.7. The van der Waals surface area contributed by atoms with Crippen LogP contribution in [0.1, 0.15) is 23.2 Å². The molecule has 8 nitrogen and oxygen atoms in total. The minimum atomic E-state index is -3.78. The Morgan fingerprint density at radius 2 is 2.14 bits per heavy atom. The first-order valence-corrected chi connectivity index (χ1v) is 7.69. The summed E-state index contributed by atoms with van der Waals surface area (Å²) >= 11 is 0. The number of nitro groups is 1. The molecule has 0 unspecified atom stereocenters. The van der Waals surface area contributed by atoms with Crippen LogP contribution in [0.25, 0.3) is 0 Å². The fourth-order valence-electron chi connectivity index (χ4n) is 1.50. The largest absolute Gasteiger partial charge is 0.462 e. The van der Waals surface area contributed by atoms with Gasteiger partial charge >= 0.3 is 5.97 Å². The summed E-state index contributed by atoms with van der Waals surface area (Å²) in [5.74, 6) is -0.809. The molecule has 1 aromatic rings.